The van der Waals surface area contributed by atoms with Crippen molar-refractivity contribution in [3.05, 3.63) is 35.9 Å². The summed E-state index contributed by atoms with van der Waals surface area (Å²) in [6.07, 6.45) is 7.52. The normalized spacial score (nSPS) is 27.8. The molecule has 3 aliphatic rings. The molecule has 3 fully saturated rings. The molecule has 2 bridgehead atoms. The Morgan fingerprint density at radius 2 is 1.84 bits per heavy atom. The van der Waals surface area contributed by atoms with Gasteiger partial charge in [-0.2, -0.15) is 0 Å². The van der Waals surface area contributed by atoms with E-state index in [2.05, 4.69) is 57.8 Å². The van der Waals surface area contributed by atoms with E-state index >= 15 is 0 Å². The summed E-state index contributed by atoms with van der Waals surface area (Å²) >= 11 is 0. The van der Waals surface area contributed by atoms with Gasteiger partial charge < -0.3 is 15.5 Å². The SMILES string of the molecule is CC(c1ccccc1)N1CCC(NC(=NCC(=O)N(C)C)NC2CC3CCC2C3)CC1. The smallest absolute Gasteiger partial charge is 0.243 e. The monoisotopic (exact) mass is 425 g/mol. The van der Waals surface area contributed by atoms with E-state index in [0.29, 0.717) is 18.1 Å². The molecule has 1 aromatic rings. The zero-order valence-electron chi connectivity index (χ0n) is 19.4. The number of guanidine groups is 1. The molecule has 0 aromatic heterocycles. The molecule has 1 saturated heterocycles. The first-order valence-corrected chi connectivity index (χ1v) is 12.1. The number of amides is 1. The minimum Gasteiger partial charge on any atom is -0.354 e. The van der Waals surface area contributed by atoms with Crippen LogP contribution >= 0.6 is 0 Å². The number of hydrogen-bond donors (Lipinski definition) is 2. The van der Waals surface area contributed by atoms with Gasteiger partial charge in [0.05, 0.1) is 0 Å². The molecular weight excluding hydrogens is 386 g/mol. The molecule has 1 amide bonds. The highest BCUT2D eigenvalue weighted by Gasteiger charge is 2.40. The Morgan fingerprint density at radius 3 is 2.45 bits per heavy atom. The minimum absolute atomic E-state index is 0.0422. The maximum Gasteiger partial charge on any atom is 0.243 e. The third-order valence-corrected chi connectivity index (χ3v) is 7.63. The maximum absolute atomic E-state index is 12.1. The summed E-state index contributed by atoms with van der Waals surface area (Å²) < 4.78 is 0. The van der Waals surface area contributed by atoms with Gasteiger partial charge in [0.25, 0.3) is 0 Å². The predicted octanol–water partition coefficient (Wildman–Crippen LogP) is 3.02. The van der Waals surface area contributed by atoms with Gasteiger partial charge in [0, 0.05) is 45.3 Å². The van der Waals surface area contributed by atoms with Crippen molar-refractivity contribution in [1.82, 2.24) is 20.4 Å². The second-order valence-corrected chi connectivity index (χ2v) is 9.92. The second kappa shape index (κ2) is 10.0. The number of rotatable bonds is 6. The number of hydrogen-bond acceptors (Lipinski definition) is 3. The molecular formula is C25H39N5O. The van der Waals surface area contributed by atoms with Crippen LogP contribution in [0.3, 0.4) is 0 Å². The molecule has 1 aliphatic heterocycles. The molecule has 170 valence electrons. The van der Waals surface area contributed by atoms with Gasteiger partial charge in [0.15, 0.2) is 5.96 Å². The highest BCUT2D eigenvalue weighted by molar-refractivity contribution is 5.85. The average molecular weight is 426 g/mol. The van der Waals surface area contributed by atoms with Crippen molar-refractivity contribution in [3.63, 3.8) is 0 Å². The Morgan fingerprint density at radius 1 is 1.10 bits per heavy atom. The quantitative estimate of drug-likeness (QED) is 0.543. The average Bonchev–Trinajstić information content (AvgIpc) is 3.41. The summed E-state index contributed by atoms with van der Waals surface area (Å²) in [4.78, 5) is 21.0. The lowest BCUT2D eigenvalue weighted by molar-refractivity contribution is -0.127. The second-order valence-electron chi connectivity index (χ2n) is 9.92. The van der Waals surface area contributed by atoms with Crippen LogP contribution in [0.2, 0.25) is 0 Å². The number of aliphatic imine (C=N–C) groups is 1. The number of carbonyl (C=O) groups is 1. The Kier molecular flexibility index (Phi) is 7.16. The number of benzene rings is 1. The zero-order valence-corrected chi connectivity index (χ0v) is 19.4. The predicted molar refractivity (Wildman–Crippen MR) is 126 cm³/mol. The van der Waals surface area contributed by atoms with Crippen LogP contribution in [-0.2, 0) is 4.79 Å². The molecule has 1 heterocycles. The number of likely N-dealkylation sites (N-methyl/N-ethyl adjacent to an activating group) is 1. The summed E-state index contributed by atoms with van der Waals surface area (Å²) in [5.74, 6) is 2.54. The van der Waals surface area contributed by atoms with E-state index in [1.807, 2.05) is 0 Å². The van der Waals surface area contributed by atoms with Crippen molar-refractivity contribution in [1.29, 1.82) is 0 Å². The van der Waals surface area contributed by atoms with Crippen LogP contribution in [0.15, 0.2) is 35.3 Å². The molecule has 4 rings (SSSR count). The van der Waals surface area contributed by atoms with Crippen molar-refractivity contribution < 1.29 is 4.79 Å². The Hall–Kier alpha value is -2.08. The Labute approximate surface area is 187 Å². The first-order valence-electron chi connectivity index (χ1n) is 12.1. The van der Waals surface area contributed by atoms with Crippen LogP contribution in [0.4, 0.5) is 0 Å². The Bertz CT molecular complexity index is 756. The van der Waals surface area contributed by atoms with Crippen molar-refractivity contribution in [2.45, 2.75) is 63.6 Å². The third kappa shape index (κ3) is 5.59. The summed E-state index contributed by atoms with van der Waals surface area (Å²) in [5, 5.41) is 7.38. The highest BCUT2D eigenvalue weighted by atomic mass is 16.2. The van der Waals surface area contributed by atoms with Crippen molar-refractivity contribution in [2.24, 2.45) is 16.8 Å². The standard InChI is InChI=1S/C25H39N5O/c1-18(20-7-5-4-6-8-20)30-13-11-22(12-14-30)27-25(26-17-24(31)29(2)3)28-23-16-19-9-10-21(23)15-19/h4-8,18-19,21-23H,9-17H2,1-3H3,(H2,26,27,28). The lowest BCUT2D eigenvalue weighted by Gasteiger charge is -2.37. The summed E-state index contributed by atoms with van der Waals surface area (Å²) in [7, 11) is 3.58. The fourth-order valence-corrected chi connectivity index (χ4v) is 5.58. The van der Waals surface area contributed by atoms with Crippen molar-refractivity contribution in [2.75, 3.05) is 33.7 Å². The first-order chi connectivity index (χ1) is 15.0. The van der Waals surface area contributed by atoms with E-state index in [1.165, 1.54) is 31.2 Å². The van der Waals surface area contributed by atoms with E-state index in [9.17, 15) is 4.79 Å². The number of likely N-dealkylation sites (tertiary alicyclic amines) is 1. The van der Waals surface area contributed by atoms with Crippen molar-refractivity contribution in [3.8, 4) is 0 Å². The molecule has 2 N–H and O–H groups in total. The maximum atomic E-state index is 12.1. The van der Waals surface area contributed by atoms with Gasteiger partial charge in [0.2, 0.25) is 5.91 Å². The number of nitrogens with one attached hydrogen (secondary N) is 2. The Balaban J connectivity index is 1.33. The first kappa shape index (κ1) is 22.1. The van der Waals surface area contributed by atoms with Gasteiger partial charge in [0.1, 0.15) is 6.54 Å². The lowest BCUT2D eigenvalue weighted by atomic mass is 9.95. The molecule has 4 atom stereocenters. The van der Waals surface area contributed by atoms with Gasteiger partial charge in [-0.1, -0.05) is 36.8 Å². The van der Waals surface area contributed by atoms with Crippen LogP contribution in [0.1, 0.15) is 57.1 Å². The third-order valence-electron chi connectivity index (χ3n) is 7.63. The minimum atomic E-state index is 0.0422. The highest BCUT2D eigenvalue weighted by Crippen LogP contribution is 2.44. The summed E-state index contributed by atoms with van der Waals surface area (Å²) in [6, 6.07) is 12.1. The van der Waals surface area contributed by atoms with E-state index in [4.69, 9.17) is 0 Å². The van der Waals surface area contributed by atoms with Gasteiger partial charge in [-0.15, -0.1) is 0 Å². The number of piperidine rings is 1. The van der Waals surface area contributed by atoms with E-state index < -0.39 is 0 Å². The molecule has 2 aliphatic carbocycles. The van der Waals surface area contributed by atoms with E-state index in [-0.39, 0.29) is 12.5 Å². The summed E-state index contributed by atoms with van der Waals surface area (Å²) in [6.45, 7) is 4.66. The number of carbonyl (C=O) groups excluding carboxylic acids is 1. The summed E-state index contributed by atoms with van der Waals surface area (Å²) in [5.41, 5.74) is 1.39. The molecule has 0 radical (unpaired) electrons. The fraction of sp³-hybridized carbons (Fsp3) is 0.680. The molecule has 4 unspecified atom stereocenters. The van der Waals surface area contributed by atoms with Crippen molar-refractivity contribution >= 4 is 11.9 Å². The zero-order chi connectivity index (χ0) is 21.8. The van der Waals surface area contributed by atoms with Crippen LogP contribution in [0.25, 0.3) is 0 Å². The van der Waals surface area contributed by atoms with Gasteiger partial charge in [-0.05, 0) is 56.4 Å². The van der Waals surface area contributed by atoms with E-state index in [1.54, 1.807) is 19.0 Å². The van der Waals surface area contributed by atoms with Crippen LogP contribution in [-0.4, -0.2) is 67.5 Å². The van der Waals surface area contributed by atoms with Crippen LogP contribution in [0, 0.1) is 11.8 Å². The molecule has 31 heavy (non-hydrogen) atoms. The number of nitrogens with zero attached hydrogens (tertiary/aromatic N) is 3. The van der Waals surface area contributed by atoms with E-state index in [0.717, 1.165) is 43.7 Å². The largest absolute Gasteiger partial charge is 0.354 e. The number of fused-ring (bicyclic) bond motifs is 2. The van der Waals surface area contributed by atoms with Crippen LogP contribution < -0.4 is 10.6 Å². The topological polar surface area (TPSA) is 60.0 Å². The molecule has 1 aromatic carbocycles. The lowest BCUT2D eigenvalue weighted by Crippen LogP contribution is -2.52. The molecule has 6 nitrogen and oxygen atoms in total. The molecule has 6 heteroatoms. The molecule has 0 spiro atoms. The fourth-order valence-electron chi connectivity index (χ4n) is 5.58. The van der Waals surface area contributed by atoms with Gasteiger partial charge in [-0.3, -0.25) is 9.69 Å². The van der Waals surface area contributed by atoms with Gasteiger partial charge in [-0.25, -0.2) is 4.99 Å². The van der Waals surface area contributed by atoms with Crippen LogP contribution in [0.5, 0.6) is 0 Å². The molecule has 2 saturated carbocycles. The van der Waals surface area contributed by atoms with Gasteiger partial charge >= 0.3 is 0 Å².